The van der Waals surface area contributed by atoms with E-state index in [1.807, 2.05) is 0 Å². The number of carbonyl (C=O) groups excluding carboxylic acids is 1. The molecule has 1 N–H and O–H groups in total. The third kappa shape index (κ3) is 4.92. The minimum atomic E-state index is -4.55. The van der Waals surface area contributed by atoms with E-state index in [4.69, 9.17) is 4.74 Å². The van der Waals surface area contributed by atoms with Crippen molar-refractivity contribution in [2.45, 2.75) is 19.3 Å². The summed E-state index contributed by atoms with van der Waals surface area (Å²) in [6, 6.07) is 4.12. The van der Waals surface area contributed by atoms with Gasteiger partial charge in [-0.15, -0.1) is 10.2 Å². The number of amides is 2. The molecule has 0 saturated heterocycles. The van der Waals surface area contributed by atoms with Gasteiger partial charge in [0.05, 0.1) is 24.4 Å². The highest BCUT2D eigenvalue weighted by atomic mass is 19.4. The molecule has 1 aromatic carbocycles. The molecular weight excluding hydrogens is 339 g/mol. The van der Waals surface area contributed by atoms with Gasteiger partial charge >= 0.3 is 12.2 Å². The summed E-state index contributed by atoms with van der Waals surface area (Å²) in [5, 5.41) is 9.96. The fourth-order valence-electron chi connectivity index (χ4n) is 2.11. The van der Waals surface area contributed by atoms with Crippen LogP contribution in [0.15, 0.2) is 30.6 Å². The van der Waals surface area contributed by atoms with E-state index >= 15 is 0 Å². The van der Waals surface area contributed by atoms with Crippen molar-refractivity contribution in [1.82, 2.24) is 19.7 Å². The monoisotopic (exact) mass is 357 g/mol. The van der Waals surface area contributed by atoms with Crippen LogP contribution in [-0.2, 0) is 24.0 Å². The van der Waals surface area contributed by atoms with Crippen molar-refractivity contribution in [2.75, 3.05) is 26.1 Å². The number of methoxy groups -OCH3 is 1. The molecule has 136 valence electrons. The Balaban J connectivity index is 2.06. The van der Waals surface area contributed by atoms with Crippen molar-refractivity contribution in [2.24, 2.45) is 0 Å². The first-order valence-corrected chi connectivity index (χ1v) is 7.37. The van der Waals surface area contributed by atoms with Gasteiger partial charge in [-0.3, -0.25) is 0 Å². The number of urea groups is 1. The van der Waals surface area contributed by atoms with Crippen LogP contribution in [0.2, 0.25) is 0 Å². The molecule has 0 fully saturated rings. The molecule has 0 aliphatic carbocycles. The highest BCUT2D eigenvalue weighted by molar-refractivity contribution is 5.90. The van der Waals surface area contributed by atoms with Crippen LogP contribution in [0.4, 0.5) is 23.7 Å². The van der Waals surface area contributed by atoms with Crippen molar-refractivity contribution < 1.29 is 22.7 Å². The van der Waals surface area contributed by atoms with Gasteiger partial charge in [-0.05, 0) is 12.1 Å². The Morgan fingerprint density at radius 3 is 2.76 bits per heavy atom. The SMILES string of the molecule is COCCn1cnnc1CN(C)C(=O)Nc1ccccc1C(F)(F)F. The number of carbonyl (C=O) groups is 1. The maximum absolute atomic E-state index is 13.0. The molecule has 0 spiro atoms. The average Bonchev–Trinajstić information content (AvgIpc) is 2.99. The lowest BCUT2D eigenvalue weighted by Crippen LogP contribution is -2.32. The molecule has 0 saturated carbocycles. The average molecular weight is 357 g/mol. The maximum Gasteiger partial charge on any atom is 0.418 e. The summed E-state index contributed by atoms with van der Waals surface area (Å²) in [4.78, 5) is 13.4. The lowest BCUT2D eigenvalue weighted by atomic mass is 10.1. The van der Waals surface area contributed by atoms with Crippen LogP contribution in [0.5, 0.6) is 0 Å². The predicted molar refractivity (Wildman–Crippen MR) is 83.8 cm³/mol. The van der Waals surface area contributed by atoms with Crippen molar-refractivity contribution in [3.63, 3.8) is 0 Å². The zero-order chi connectivity index (χ0) is 18.4. The second kappa shape index (κ2) is 7.97. The topological polar surface area (TPSA) is 72.3 Å². The molecule has 7 nitrogen and oxygen atoms in total. The molecule has 1 heterocycles. The molecule has 2 aromatic rings. The Labute approximate surface area is 142 Å². The fraction of sp³-hybridized carbons (Fsp3) is 0.400. The summed E-state index contributed by atoms with van der Waals surface area (Å²) in [5.41, 5.74) is -1.20. The molecule has 2 rings (SSSR count). The van der Waals surface area contributed by atoms with Crippen LogP contribution in [0.1, 0.15) is 11.4 Å². The van der Waals surface area contributed by atoms with Gasteiger partial charge < -0.3 is 19.5 Å². The van der Waals surface area contributed by atoms with E-state index < -0.39 is 17.8 Å². The normalized spacial score (nSPS) is 11.4. The number of rotatable bonds is 6. The van der Waals surface area contributed by atoms with E-state index in [0.717, 1.165) is 6.07 Å². The Morgan fingerprint density at radius 1 is 1.36 bits per heavy atom. The second-order valence-electron chi connectivity index (χ2n) is 5.26. The minimum Gasteiger partial charge on any atom is -0.383 e. The van der Waals surface area contributed by atoms with Gasteiger partial charge in [0.2, 0.25) is 0 Å². The van der Waals surface area contributed by atoms with Gasteiger partial charge in [0.1, 0.15) is 6.33 Å². The largest absolute Gasteiger partial charge is 0.418 e. The van der Waals surface area contributed by atoms with Gasteiger partial charge in [0.25, 0.3) is 0 Å². The third-order valence-electron chi connectivity index (χ3n) is 3.43. The lowest BCUT2D eigenvalue weighted by molar-refractivity contribution is -0.136. The zero-order valence-corrected chi connectivity index (χ0v) is 13.7. The number of ether oxygens (including phenoxy) is 1. The number of anilines is 1. The van der Waals surface area contributed by atoms with Gasteiger partial charge in [-0.2, -0.15) is 13.2 Å². The number of hydrogen-bond acceptors (Lipinski definition) is 4. The van der Waals surface area contributed by atoms with E-state index in [2.05, 4.69) is 15.5 Å². The van der Waals surface area contributed by atoms with E-state index in [9.17, 15) is 18.0 Å². The van der Waals surface area contributed by atoms with Gasteiger partial charge in [0, 0.05) is 20.7 Å². The molecule has 0 radical (unpaired) electrons. The van der Waals surface area contributed by atoms with Gasteiger partial charge in [0.15, 0.2) is 5.82 Å². The standard InChI is InChI=1S/C15H18F3N5O2/c1-22(9-13-21-19-10-23(13)7-8-25-2)14(24)20-12-6-4-3-5-11(12)15(16,17)18/h3-6,10H,7-9H2,1-2H3,(H,20,24). The first-order valence-electron chi connectivity index (χ1n) is 7.37. The first kappa shape index (κ1) is 18.7. The van der Waals surface area contributed by atoms with Gasteiger partial charge in [-0.25, -0.2) is 4.79 Å². The Hall–Kier alpha value is -2.62. The Kier molecular flexibility index (Phi) is 5.97. The number of hydrogen-bond donors (Lipinski definition) is 1. The van der Waals surface area contributed by atoms with Crippen LogP contribution in [0.25, 0.3) is 0 Å². The molecule has 0 bridgehead atoms. The van der Waals surface area contributed by atoms with Crippen LogP contribution in [0, 0.1) is 0 Å². The van der Waals surface area contributed by atoms with Crippen LogP contribution in [-0.4, -0.2) is 46.5 Å². The summed E-state index contributed by atoms with van der Waals surface area (Å²) in [6.07, 6.45) is -3.05. The highest BCUT2D eigenvalue weighted by Crippen LogP contribution is 2.34. The molecule has 10 heteroatoms. The smallest absolute Gasteiger partial charge is 0.383 e. The molecule has 2 amide bonds. The molecular formula is C15H18F3N5O2. The summed E-state index contributed by atoms with van der Waals surface area (Å²) in [5.74, 6) is 0.499. The number of para-hydroxylation sites is 1. The van der Waals surface area contributed by atoms with Crippen molar-refractivity contribution in [3.8, 4) is 0 Å². The van der Waals surface area contributed by atoms with Crippen LogP contribution >= 0.6 is 0 Å². The number of nitrogens with one attached hydrogen (secondary N) is 1. The van der Waals surface area contributed by atoms with Crippen LogP contribution < -0.4 is 5.32 Å². The summed E-state index contributed by atoms with van der Waals surface area (Å²) >= 11 is 0. The van der Waals surface area contributed by atoms with Crippen LogP contribution in [0.3, 0.4) is 0 Å². The lowest BCUT2D eigenvalue weighted by Gasteiger charge is -2.20. The summed E-state index contributed by atoms with van der Waals surface area (Å²) in [6.45, 7) is 1.04. The van der Waals surface area contributed by atoms with Crippen molar-refractivity contribution >= 4 is 11.7 Å². The third-order valence-corrected chi connectivity index (χ3v) is 3.43. The van der Waals surface area contributed by atoms with Crippen molar-refractivity contribution in [1.29, 1.82) is 0 Å². The van der Waals surface area contributed by atoms with E-state index in [1.54, 1.807) is 11.7 Å². The zero-order valence-electron chi connectivity index (χ0n) is 13.7. The number of benzene rings is 1. The molecule has 0 unspecified atom stereocenters. The van der Waals surface area contributed by atoms with Crippen molar-refractivity contribution in [3.05, 3.63) is 42.0 Å². The number of aromatic nitrogens is 3. The molecule has 1 aromatic heterocycles. The minimum absolute atomic E-state index is 0.0870. The number of halogens is 3. The summed E-state index contributed by atoms with van der Waals surface area (Å²) < 4.78 is 45.6. The predicted octanol–water partition coefficient (Wildman–Crippen LogP) is 2.61. The van der Waals surface area contributed by atoms with E-state index in [1.165, 1.54) is 36.5 Å². The number of nitrogens with zero attached hydrogens (tertiary/aromatic N) is 4. The highest BCUT2D eigenvalue weighted by Gasteiger charge is 2.33. The maximum atomic E-state index is 13.0. The molecule has 0 aliphatic rings. The summed E-state index contributed by atoms with van der Waals surface area (Å²) in [7, 11) is 3.02. The quantitative estimate of drug-likeness (QED) is 0.863. The Morgan fingerprint density at radius 2 is 2.08 bits per heavy atom. The molecule has 25 heavy (non-hydrogen) atoms. The first-order chi connectivity index (χ1) is 11.8. The second-order valence-corrected chi connectivity index (χ2v) is 5.26. The molecule has 0 aliphatic heterocycles. The Bertz CT molecular complexity index is 717. The number of alkyl halides is 3. The van der Waals surface area contributed by atoms with E-state index in [0.29, 0.717) is 19.0 Å². The van der Waals surface area contributed by atoms with Gasteiger partial charge in [-0.1, -0.05) is 12.1 Å². The fourth-order valence-corrected chi connectivity index (χ4v) is 2.11. The van der Waals surface area contributed by atoms with E-state index in [-0.39, 0.29) is 12.2 Å². The molecule has 0 atom stereocenters.